The number of H-pyrrole nitrogens is 1. The second-order valence-corrected chi connectivity index (χ2v) is 7.37. The van der Waals surface area contributed by atoms with E-state index in [0.29, 0.717) is 12.3 Å². The second kappa shape index (κ2) is 6.82. The highest BCUT2D eigenvalue weighted by molar-refractivity contribution is 6.19. The minimum Gasteiger partial charge on any atom is -0.440 e. The van der Waals surface area contributed by atoms with E-state index in [1.807, 2.05) is 32.9 Å². The number of benzene rings is 1. The lowest BCUT2D eigenvalue weighted by Gasteiger charge is -2.11. The summed E-state index contributed by atoms with van der Waals surface area (Å²) in [4.78, 5) is 24.4. The van der Waals surface area contributed by atoms with Crippen LogP contribution in [0.1, 0.15) is 52.0 Å². The first-order chi connectivity index (χ1) is 13.4. The van der Waals surface area contributed by atoms with E-state index in [9.17, 15) is 4.79 Å². The van der Waals surface area contributed by atoms with E-state index in [0.717, 1.165) is 38.5 Å². The molecular weight excluding hydrogens is 358 g/mol. The Hall–Kier alpha value is -3.09. The van der Waals surface area contributed by atoms with Crippen molar-refractivity contribution in [3.63, 3.8) is 0 Å². The van der Waals surface area contributed by atoms with E-state index in [2.05, 4.69) is 9.97 Å². The average molecular weight is 381 g/mol. The minimum absolute atomic E-state index is 0.185. The number of hydrogen-bond acceptors (Lipinski definition) is 6. The van der Waals surface area contributed by atoms with Crippen molar-refractivity contribution in [2.24, 2.45) is 0 Å². The van der Waals surface area contributed by atoms with Crippen molar-refractivity contribution in [1.29, 1.82) is 0 Å². The summed E-state index contributed by atoms with van der Waals surface area (Å²) in [6.07, 6.45) is 1.28. The van der Waals surface area contributed by atoms with Crippen molar-refractivity contribution in [1.82, 2.24) is 15.0 Å². The van der Waals surface area contributed by atoms with Crippen LogP contribution < -0.4 is 4.74 Å². The molecule has 0 spiro atoms. The highest BCUT2D eigenvalue weighted by Crippen LogP contribution is 2.37. The van der Waals surface area contributed by atoms with Crippen LogP contribution in [0.25, 0.3) is 32.9 Å². The second-order valence-electron chi connectivity index (χ2n) is 7.37. The molecule has 7 nitrogen and oxygen atoms in total. The van der Waals surface area contributed by atoms with Crippen LogP contribution in [-0.2, 0) is 11.2 Å². The molecule has 0 aliphatic heterocycles. The van der Waals surface area contributed by atoms with Gasteiger partial charge in [-0.15, -0.1) is 0 Å². The average Bonchev–Trinajstić information content (AvgIpc) is 3.21. The number of ether oxygens (including phenoxy) is 2. The number of nitrogens with zero attached hydrogens (tertiary/aromatic N) is 2. The van der Waals surface area contributed by atoms with Gasteiger partial charge in [-0.25, -0.2) is 14.8 Å². The molecule has 0 unspecified atom stereocenters. The summed E-state index contributed by atoms with van der Waals surface area (Å²) in [7, 11) is 0. The molecule has 0 aliphatic carbocycles. The number of fused-ring (bicyclic) bond motifs is 5. The monoisotopic (exact) mass is 381 g/mol. The Balaban J connectivity index is 1.96. The van der Waals surface area contributed by atoms with Crippen LogP contribution in [-0.4, -0.2) is 27.2 Å². The molecule has 0 saturated heterocycles. The Morgan fingerprint density at radius 3 is 2.64 bits per heavy atom. The number of hydrogen-bond donors (Lipinski definition) is 1. The van der Waals surface area contributed by atoms with Crippen LogP contribution in [0.4, 0.5) is 4.79 Å². The number of nitrogens with one attached hydrogen (secondary N) is 1. The van der Waals surface area contributed by atoms with Crippen LogP contribution in [0.5, 0.6) is 5.88 Å². The predicted molar refractivity (Wildman–Crippen MR) is 107 cm³/mol. The molecular formula is C21H23N3O4. The maximum Gasteiger partial charge on any atom is 0.515 e. The van der Waals surface area contributed by atoms with Gasteiger partial charge in [-0.05, 0) is 32.4 Å². The first kappa shape index (κ1) is 18.3. The fourth-order valence-corrected chi connectivity index (χ4v) is 3.39. The largest absolute Gasteiger partial charge is 0.515 e. The highest BCUT2D eigenvalue weighted by Gasteiger charge is 2.21. The Morgan fingerprint density at radius 1 is 1.18 bits per heavy atom. The summed E-state index contributed by atoms with van der Waals surface area (Å²) >= 11 is 0. The summed E-state index contributed by atoms with van der Waals surface area (Å²) in [5.74, 6) is 1.14. The van der Waals surface area contributed by atoms with Crippen LogP contribution in [0.2, 0.25) is 0 Å². The number of aromatic nitrogens is 3. The molecule has 146 valence electrons. The summed E-state index contributed by atoms with van der Waals surface area (Å²) in [6, 6.07) is 3.89. The highest BCUT2D eigenvalue weighted by atomic mass is 16.7. The fourth-order valence-electron chi connectivity index (χ4n) is 3.39. The maximum absolute atomic E-state index is 12.0. The lowest BCUT2D eigenvalue weighted by Crippen LogP contribution is -2.17. The van der Waals surface area contributed by atoms with Crippen molar-refractivity contribution in [2.45, 2.75) is 53.1 Å². The molecule has 0 saturated carbocycles. The number of aryl methyl sites for hydroxylation is 1. The molecule has 0 amide bonds. The molecule has 3 aromatic heterocycles. The molecule has 3 heterocycles. The van der Waals surface area contributed by atoms with E-state index in [-0.39, 0.29) is 17.9 Å². The summed E-state index contributed by atoms with van der Waals surface area (Å²) in [5, 5.41) is 1.89. The van der Waals surface area contributed by atoms with Gasteiger partial charge in [-0.1, -0.05) is 20.8 Å². The number of aromatic amines is 1. The van der Waals surface area contributed by atoms with E-state index < -0.39 is 6.16 Å². The van der Waals surface area contributed by atoms with Gasteiger partial charge in [0.2, 0.25) is 5.88 Å². The van der Waals surface area contributed by atoms with Gasteiger partial charge < -0.3 is 18.9 Å². The van der Waals surface area contributed by atoms with Gasteiger partial charge in [0.05, 0.1) is 17.8 Å². The third kappa shape index (κ3) is 2.96. The SMILES string of the molecule is CCc1c(OC(=O)OC(C)C)ncc2[nH]c3ccc4oc(C(C)C)nc4c3c12. The smallest absolute Gasteiger partial charge is 0.440 e. The predicted octanol–water partition coefficient (Wildman–Crippen LogP) is 5.47. The van der Waals surface area contributed by atoms with Gasteiger partial charge in [-0.2, -0.15) is 0 Å². The topological polar surface area (TPSA) is 90.2 Å². The number of oxazole rings is 1. The summed E-state index contributed by atoms with van der Waals surface area (Å²) in [6.45, 7) is 9.63. The molecule has 0 aliphatic rings. The third-order valence-corrected chi connectivity index (χ3v) is 4.60. The van der Waals surface area contributed by atoms with E-state index in [1.165, 1.54) is 0 Å². The first-order valence-corrected chi connectivity index (χ1v) is 9.50. The van der Waals surface area contributed by atoms with Crippen molar-refractivity contribution >= 4 is 39.1 Å². The number of rotatable bonds is 4. The Kier molecular flexibility index (Phi) is 4.45. The number of pyridine rings is 1. The van der Waals surface area contributed by atoms with Crippen molar-refractivity contribution in [3.05, 3.63) is 29.8 Å². The molecule has 0 atom stereocenters. The molecule has 4 rings (SSSR count). The van der Waals surface area contributed by atoms with Crippen LogP contribution in [0, 0.1) is 0 Å². The van der Waals surface area contributed by atoms with Gasteiger partial charge in [-0.3, -0.25) is 0 Å². The molecule has 7 heteroatoms. The van der Waals surface area contributed by atoms with E-state index in [1.54, 1.807) is 20.0 Å². The third-order valence-electron chi connectivity index (χ3n) is 4.60. The van der Waals surface area contributed by atoms with Crippen molar-refractivity contribution < 1.29 is 18.7 Å². The van der Waals surface area contributed by atoms with Crippen molar-refractivity contribution in [3.8, 4) is 5.88 Å². The summed E-state index contributed by atoms with van der Waals surface area (Å²) in [5.41, 5.74) is 4.15. The zero-order valence-electron chi connectivity index (χ0n) is 16.6. The van der Waals surface area contributed by atoms with Crippen LogP contribution >= 0.6 is 0 Å². The molecule has 1 aromatic carbocycles. The Labute approximate surface area is 162 Å². The zero-order valence-corrected chi connectivity index (χ0v) is 16.6. The zero-order chi connectivity index (χ0) is 20.0. The first-order valence-electron chi connectivity index (χ1n) is 9.50. The van der Waals surface area contributed by atoms with Gasteiger partial charge in [0.15, 0.2) is 11.5 Å². The number of carbonyl (C=O) groups is 1. The summed E-state index contributed by atoms with van der Waals surface area (Å²) < 4.78 is 16.4. The van der Waals surface area contributed by atoms with Crippen molar-refractivity contribution in [2.75, 3.05) is 0 Å². The van der Waals surface area contributed by atoms with Crippen LogP contribution in [0.3, 0.4) is 0 Å². The molecule has 0 bridgehead atoms. The fraction of sp³-hybridized carbons (Fsp3) is 0.381. The standard InChI is InChI=1S/C21H23N3O4/c1-6-12-16-14(9-22-20(12)28-21(25)26-11(4)5)23-13-7-8-15-18(17(13)16)24-19(27-15)10(2)3/h7-11,23H,6H2,1-5H3. The molecule has 28 heavy (non-hydrogen) atoms. The maximum atomic E-state index is 12.0. The molecule has 0 radical (unpaired) electrons. The van der Waals surface area contributed by atoms with Gasteiger partial charge in [0.25, 0.3) is 0 Å². The van der Waals surface area contributed by atoms with Gasteiger partial charge >= 0.3 is 6.16 Å². The Morgan fingerprint density at radius 2 is 1.96 bits per heavy atom. The van der Waals surface area contributed by atoms with Crippen LogP contribution in [0.15, 0.2) is 22.7 Å². The van der Waals surface area contributed by atoms with E-state index in [4.69, 9.17) is 18.9 Å². The normalized spacial score (nSPS) is 12.0. The van der Waals surface area contributed by atoms with Gasteiger partial charge in [0.1, 0.15) is 5.52 Å². The quantitative estimate of drug-likeness (QED) is 0.472. The lowest BCUT2D eigenvalue weighted by molar-refractivity contribution is 0.0713. The molecule has 1 N–H and O–H groups in total. The number of carbonyl (C=O) groups excluding carboxylic acids is 1. The molecule has 4 aromatic rings. The van der Waals surface area contributed by atoms with Gasteiger partial charge in [0, 0.05) is 27.8 Å². The lowest BCUT2D eigenvalue weighted by atomic mass is 10.1. The van der Waals surface area contributed by atoms with E-state index >= 15 is 0 Å². The minimum atomic E-state index is -0.759. The Bertz CT molecular complexity index is 1190. The molecule has 0 fully saturated rings.